The van der Waals surface area contributed by atoms with Crippen LogP contribution in [-0.2, 0) is 17.3 Å². The van der Waals surface area contributed by atoms with E-state index in [1.807, 2.05) is 0 Å². The fraction of sp³-hybridized carbons (Fsp3) is 0.571. The Bertz CT molecular complexity index is 445. The summed E-state index contributed by atoms with van der Waals surface area (Å²) in [7, 11) is 0. The highest BCUT2D eigenvalue weighted by Gasteiger charge is 2.33. The first-order valence-corrected chi connectivity index (χ1v) is 7.00. The SMILES string of the molecule is FC(F)(F)c1ccc(Cl)cc1CCCN1CCOCC1. The molecule has 0 spiro atoms. The molecule has 1 aromatic carbocycles. The van der Waals surface area contributed by atoms with Gasteiger partial charge in [0.1, 0.15) is 0 Å². The fourth-order valence-electron chi connectivity index (χ4n) is 2.36. The third-order valence-corrected chi connectivity index (χ3v) is 3.63. The molecule has 6 heteroatoms. The molecule has 0 aromatic heterocycles. The van der Waals surface area contributed by atoms with E-state index in [0.717, 1.165) is 25.7 Å². The Morgan fingerprint density at radius 1 is 1.20 bits per heavy atom. The zero-order chi connectivity index (χ0) is 14.6. The van der Waals surface area contributed by atoms with Crippen LogP contribution in [-0.4, -0.2) is 37.7 Å². The number of hydrogen-bond donors (Lipinski definition) is 0. The highest BCUT2D eigenvalue weighted by atomic mass is 35.5. The van der Waals surface area contributed by atoms with Crippen molar-refractivity contribution < 1.29 is 17.9 Å². The van der Waals surface area contributed by atoms with Crippen LogP contribution in [0.15, 0.2) is 18.2 Å². The molecule has 20 heavy (non-hydrogen) atoms. The summed E-state index contributed by atoms with van der Waals surface area (Å²) < 4.78 is 43.9. The van der Waals surface area contributed by atoms with Crippen LogP contribution in [0, 0.1) is 0 Å². The molecule has 1 saturated heterocycles. The van der Waals surface area contributed by atoms with Gasteiger partial charge in [-0.15, -0.1) is 0 Å². The summed E-state index contributed by atoms with van der Waals surface area (Å²) >= 11 is 5.80. The highest BCUT2D eigenvalue weighted by molar-refractivity contribution is 6.30. The van der Waals surface area contributed by atoms with Crippen molar-refractivity contribution in [2.24, 2.45) is 0 Å². The molecule has 1 fully saturated rings. The lowest BCUT2D eigenvalue weighted by Crippen LogP contribution is -2.37. The van der Waals surface area contributed by atoms with E-state index in [-0.39, 0.29) is 5.56 Å². The Morgan fingerprint density at radius 2 is 1.90 bits per heavy atom. The molecule has 0 bridgehead atoms. The summed E-state index contributed by atoms with van der Waals surface area (Å²) in [4.78, 5) is 2.21. The molecular formula is C14H17ClF3NO. The number of halogens is 4. The number of morpholine rings is 1. The first kappa shape index (κ1) is 15.6. The third kappa shape index (κ3) is 4.36. The molecule has 0 radical (unpaired) electrons. The zero-order valence-electron chi connectivity index (χ0n) is 11.0. The molecule has 2 nitrogen and oxygen atoms in total. The van der Waals surface area contributed by atoms with Gasteiger partial charge in [0.2, 0.25) is 0 Å². The Kier molecular flexibility index (Phi) is 5.29. The van der Waals surface area contributed by atoms with E-state index in [2.05, 4.69) is 4.90 Å². The Labute approximate surface area is 121 Å². The van der Waals surface area contributed by atoms with Crippen LogP contribution >= 0.6 is 11.6 Å². The van der Waals surface area contributed by atoms with E-state index in [1.165, 1.54) is 12.1 Å². The molecule has 1 aromatic rings. The lowest BCUT2D eigenvalue weighted by Gasteiger charge is -2.26. The van der Waals surface area contributed by atoms with Crippen LogP contribution < -0.4 is 0 Å². The van der Waals surface area contributed by atoms with Crippen molar-refractivity contribution in [3.8, 4) is 0 Å². The maximum absolute atomic E-state index is 12.9. The highest BCUT2D eigenvalue weighted by Crippen LogP contribution is 2.33. The average molecular weight is 308 g/mol. The maximum atomic E-state index is 12.9. The molecule has 112 valence electrons. The fourth-order valence-corrected chi connectivity index (χ4v) is 2.56. The second-order valence-corrected chi connectivity index (χ2v) is 5.29. The van der Waals surface area contributed by atoms with Gasteiger partial charge in [-0.05, 0) is 43.1 Å². The Balaban J connectivity index is 1.95. The lowest BCUT2D eigenvalue weighted by molar-refractivity contribution is -0.138. The Morgan fingerprint density at radius 3 is 2.55 bits per heavy atom. The maximum Gasteiger partial charge on any atom is 0.416 e. The predicted molar refractivity (Wildman–Crippen MR) is 72.0 cm³/mol. The number of alkyl halides is 3. The van der Waals surface area contributed by atoms with E-state index in [0.29, 0.717) is 31.1 Å². The minimum absolute atomic E-state index is 0.276. The van der Waals surface area contributed by atoms with Gasteiger partial charge in [0.15, 0.2) is 0 Å². The van der Waals surface area contributed by atoms with Gasteiger partial charge < -0.3 is 4.74 Å². The average Bonchev–Trinajstić information content (AvgIpc) is 2.38. The van der Waals surface area contributed by atoms with E-state index in [1.54, 1.807) is 0 Å². The van der Waals surface area contributed by atoms with Crippen molar-refractivity contribution in [2.75, 3.05) is 32.8 Å². The van der Waals surface area contributed by atoms with Crippen molar-refractivity contribution >= 4 is 11.6 Å². The first-order chi connectivity index (χ1) is 9.47. The van der Waals surface area contributed by atoms with Crippen LogP contribution in [0.4, 0.5) is 13.2 Å². The van der Waals surface area contributed by atoms with Gasteiger partial charge in [0, 0.05) is 18.1 Å². The van der Waals surface area contributed by atoms with E-state index in [9.17, 15) is 13.2 Å². The summed E-state index contributed by atoms with van der Waals surface area (Å²) in [6.45, 7) is 3.88. The van der Waals surface area contributed by atoms with E-state index < -0.39 is 11.7 Å². The van der Waals surface area contributed by atoms with Gasteiger partial charge in [-0.3, -0.25) is 4.90 Å². The molecule has 0 unspecified atom stereocenters. The van der Waals surface area contributed by atoms with E-state index in [4.69, 9.17) is 16.3 Å². The van der Waals surface area contributed by atoms with Crippen LogP contribution in [0.25, 0.3) is 0 Å². The van der Waals surface area contributed by atoms with Crippen LogP contribution in [0.2, 0.25) is 5.02 Å². The van der Waals surface area contributed by atoms with Gasteiger partial charge in [-0.25, -0.2) is 0 Å². The molecule has 0 aliphatic carbocycles. The van der Waals surface area contributed by atoms with Crippen LogP contribution in [0.1, 0.15) is 17.5 Å². The van der Waals surface area contributed by atoms with Crippen LogP contribution in [0.3, 0.4) is 0 Å². The van der Waals surface area contributed by atoms with E-state index >= 15 is 0 Å². The number of aryl methyl sites for hydroxylation is 1. The monoisotopic (exact) mass is 307 g/mol. The number of hydrogen-bond acceptors (Lipinski definition) is 2. The van der Waals surface area contributed by atoms with Gasteiger partial charge in [0.25, 0.3) is 0 Å². The zero-order valence-corrected chi connectivity index (χ0v) is 11.8. The standard InChI is InChI=1S/C14H17ClF3NO/c15-12-3-4-13(14(16,17)18)11(10-12)2-1-5-19-6-8-20-9-7-19/h3-4,10H,1-2,5-9H2. The largest absolute Gasteiger partial charge is 0.416 e. The second-order valence-electron chi connectivity index (χ2n) is 4.86. The number of benzene rings is 1. The molecule has 2 rings (SSSR count). The smallest absolute Gasteiger partial charge is 0.379 e. The predicted octanol–water partition coefficient (Wildman–Crippen LogP) is 3.62. The summed E-state index contributed by atoms with van der Waals surface area (Å²) in [5.74, 6) is 0. The number of nitrogens with zero attached hydrogens (tertiary/aromatic N) is 1. The summed E-state index contributed by atoms with van der Waals surface area (Å²) in [5.41, 5.74) is -0.304. The van der Waals surface area contributed by atoms with Crippen molar-refractivity contribution in [1.82, 2.24) is 4.90 Å². The normalized spacial score (nSPS) is 17.4. The molecule has 1 aliphatic rings. The minimum atomic E-state index is -4.32. The van der Waals surface area contributed by atoms with Gasteiger partial charge in [0.05, 0.1) is 18.8 Å². The van der Waals surface area contributed by atoms with Crippen molar-refractivity contribution in [2.45, 2.75) is 19.0 Å². The van der Waals surface area contributed by atoms with Gasteiger partial charge >= 0.3 is 6.18 Å². The molecule has 0 N–H and O–H groups in total. The van der Waals surface area contributed by atoms with Gasteiger partial charge in [-0.2, -0.15) is 13.2 Å². The number of rotatable bonds is 4. The second kappa shape index (κ2) is 6.78. The molecular weight excluding hydrogens is 291 g/mol. The van der Waals surface area contributed by atoms with Crippen molar-refractivity contribution in [3.63, 3.8) is 0 Å². The van der Waals surface area contributed by atoms with Crippen molar-refractivity contribution in [3.05, 3.63) is 34.3 Å². The molecule has 1 heterocycles. The first-order valence-electron chi connectivity index (χ1n) is 6.62. The quantitative estimate of drug-likeness (QED) is 0.842. The van der Waals surface area contributed by atoms with Gasteiger partial charge in [-0.1, -0.05) is 11.6 Å². The van der Waals surface area contributed by atoms with Crippen LogP contribution in [0.5, 0.6) is 0 Å². The molecule has 0 atom stereocenters. The molecule has 0 amide bonds. The molecule has 1 aliphatic heterocycles. The summed E-state index contributed by atoms with van der Waals surface area (Å²) in [6, 6.07) is 3.77. The minimum Gasteiger partial charge on any atom is -0.379 e. The Hall–Kier alpha value is -0.780. The summed E-state index contributed by atoms with van der Waals surface area (Å²) in [6.07, 6.45) is -3.25. The number of ether oxygens (including phenoxy) is 1. The summed E-state index contributed by atoms with van der Waals surface area (Å²) in [5, 5.41) is 0.347. The molecule has 0 saturated carbocycles. The van der Waals surface area contributed by atoms with Crippen molar-refractivity contribution in [1.29, 1.82) is 0 Å². The topological polar surface area (TPSA) is 12.5 Å². The lowest BCUT2D eigenvalue weighted by atomic mass is 10.0. The third-order valence-electron chi connectivity index (χ3n) is 3.40.